The molecule has 3 nitrogen and oxygen atoms in total. The molecule has 1 aliphatic rings. The van der Waals surface area contributed by atoms with Gasteiger partial charge in [0.1, 0.15) is 5.83 Å². The van der Waals surface area contributed by atoms with Gasteiger partial charge in [-0.3, -0.25) is 4.98 Å². The van der Waals surface area contributed by atoms with Crippen LogP contribution in [0.2, 0.25) is 0 Å². The lowest BCUT2D eigenvalue weighted by Gasteiger charge is -2.27. The maximum atomic E-state index is 13.0. The number of nitrogens with zero attached hydrogens (tertiary/aromatic N) is 2. The largest absolute Gasteiger partial charge is 0.396 e. The average Bonchev–Trinajstić information content (AvgIpc) is 2.18. The minimum atomic E-state index is -0.0903. The summed E-state index contributed by atoms with van der Waals surface area (Å²) >= 11 is 0. The smallest absolute Gasteiger partial charge is 0.115 e. The molecule has 0 amide bonds. The maximum absolute atomic E-state index is 13.0. The van der Waals surface area contributed by atoms with E-state index in [1.54, 1.807) is 18.5 Å². The molecule has 0 aliphatic carbocycles. The highest BCUT2D eigenvalue weighted by atomic mass is 19.1. The number of aromatic nitrogens is 1. The van der Waals surface area contributed by atoms with Crippen LogP contribution in [-0.4, -0.2) is 18.1 Å². The standard InChI is InChI=1S/C10H12FN3/c11-8-2-1-5-14(7-8)10-3-4-13-6-9(10)12/h2-4,6H,1,5,7,12H2. The number of pyridine rings is 1. The molecule has 0 atom stereocenters. The molecule has 0 radical (unpaired) electrons. The van der Waals surface area contributed by atoms with Crippen molar-refractivity contribution in [1.29, 1.82) is 0 Å². The molecule has 0 fully saturated rings. The number of anilines is 2. The molecule has 0 unspecified atom stereocenters. The lowest BCUT2D eigenvalue weighted by Crippen LogP contribution is -2.29. The van der Waals surface area contributed by atoms with Gasteiger partial charge >= 0.3 is 0 Å². The summed E-state index contributed by atoms with van der Waals surface area (Å²) in [6.07, 6.45) is 5.61. The molecule has 2 heterocycles. The first kappa shape index (κ1) is 8.99. The van der Waals surface area contributed by atoms with Crippen molar-refractivity contribution in [2.24, 2.45) is 0 Å². The molecule has 14 heavy (non-hydrogen) atoms. The predicted octanol–water partition coefficient (Wildman–Crippen LogP) is 1.73. The van der Waals surface area contributed by atoms with Gasteiger partial charge in [0.25, 0.3) is 0 Å². The van der Waals surface area contributed by atoms with E-state index in [0.717, 1.165) is 18.7 Å². The highest BCUT2D eigenvalue weighted by molar-refractivity contribution is 5.66. The Morgan fingerprint density at radius 3 is 3.07 bits per heavy atom. The van der Waals surface area contributed by atoms with Crippen molar-refractivity contribution in [3.05, 3.63) is 30.4 Å². The van der Waals surface area contributed by atoms with Gasteiger partial charge in [0.05, 0.1) is 24.1 Å². The average molecular weight is 193 g/mol. The van der Waals surface area contributed by atoms with Gasteiger partial charge in [0, 0.05) is 12.7 Å². The van der Waals surface area contributed by atoms with E-state index < -0.39 is 0 Å². The molecule has 1 aromatic heterocycles. The Kier molecular flexibility index (Phi) is 2.35. The summed E-state index contributed by atoms with van der Waals surface area (Å²) in [5.41, 5.74) is 7.21. The van der Waals surface area contributed by atoms with E-state index in [2.05, 4.69) is 4.98 Å². The summed E-state index contributed by atoms with van der Waals surface area (Å²) in [7, 11) is 0. The Morgan fingerprint density at radius 2 is 2.36 bits per heavy atom. The van der Waals surface area contributed by atoms with Gasteiger partial charge in [-0.2, -0.15) is 0 Å². The Bertz CT molecular complexity index is 362. The lowest BCUT2D eigenvalue weighted by atomic mass is 10.2. The summed E-state index contributed by atoms with van der Waals surface area (Å²) in [4.78, 5) is 5.82. The summed E-state index contributed by atoms with van der Waals surface area (Å²) in [6.45, 7) is 1.12. The molecule has 0 bridgehead atoms. The number of hydrogen-bond acceptors (Lipinski definition) is 3. The first-order valence-corrected chi connectivity index (χ1v) is 4.56. The fraction of sp³-hybridized carbons (Fsp3) is 0.300. The number of hydrogen-bond donors (Lipinski definition) is 1. The third-order valence-corrected chi connectivity index (χ3v) is 2.28. The molecular formula is C10H12FN3. The van der Waals surface area contributed by atoms with E-state index in [0.29, 0.717) is 12.2 Å². The summed E-state index contributed by atoms with van der Waals surface area (Å²) < 4.78 is 13.0. The van der Waals surface area contributed by atoms with E-state index in [4.69, 9.17) is 5.73 Å². The monoisotopic (exact) mass is 193 g/mol. The normalized spacial score (nSPS) is 16.6. The molecule has 2 N–H and O–H groups in total. The van der Waals surface area contributed by atoms with Crippen LogP contribution in [0, 0.1) is 0 Å². The van der Waals surface area contributed by atoms with Crippen molar-refractivity contribution in [3.8, 4) is 0 Å². The van der Waals surface area contributed by atoms with E-state index in [1.165, 1.54) is 0 Å². The van der Waals surface area contributed by atoms with E-state index in [1.807, 2.05) is 11.0 Å². The zero-order valence-electron chi connectivity index (χ0n) is 7.78. The van der Waals surface area contributed by atoms with Gasteiger partial charge in [0.15, 0.2) is 0 Å². The van der Waals surface area contributed by atoms with Crippen LogP contribution < -0.4 is 10.6 Å². The number of halogens is 1. The zero-order valence-corrected chi connectivity index (χ0v) is 7.78. The zero-order chi connectivity index (χ0) is 9.97. The Hall–Kier alpha value is -1.58. The van der Waals surface area contributed by atoms with Crippen molar-refractivity contribution in [3.63, 3.8) is 0 Å². The molecule has 0 aromatic carbocycles. The van der Waals surface area contributed by atoms with Crippen molar-refractivity contribution in [2.45, 2.75) is 6.42 Å². The van der Waals surface area contributed by atoms with Gasteiger partial charge in [-0.15, -0.1) is 0 Å². The molecule has 1 aromatic rings. The Labute approximate surface area is 82.0 Å². The first-order chi connectivity index (χ1) is 6.77. The minimum absolute atomic E-state index is 0.0903. The third kappa shape index (κ3) is 1.69. The highest BCUT2D eigenvalue weighted by Gasteiger charge is 2.14. The van der Waals surface area contributed by atoms with Gasteiger partial charge in [-0.25, -0.2) is 4.39 Å². The van der Waals surface area contributed by atoms with Crippen LogP contribution in [-0.2, 0) is 0 Å². The quantitative estimate of drug-likeness (QED) is 0.738. The summed E-state index contributed by atoms with van der Waals surface area (Å²) in [5.74, 6) is -0.0903. The van der Waals surface area contributed by atoms with Crippen LogP contribution in [0.4, 0.5) is 15.8 Å². The maximum Gasteiger partial charge on any atom is 0.115 e. The highest BCUT2D eigenvalue weighted by Crippen LogP contribution is 2.24. The van der Waals surface area contributed by atoms with E-state index in [-0.39, 0.29) is 5.83 Å². The minimum Gasteiger partial charge on any atom is -0.396 e. The van der Waals surface area contributed by atoms with E-state index >= 15 is 0 Å². The molecule has 1 aliphatic heterocycles. The topological polar surface area (TPSA) is 42.1 Å². The molecule has 74 valence electrons. The fourth-order valence-corrected chi connectivity index (χ4v) is 1.60. The van der Waals surface area contributed by atoms with Crippen LogP contribution in [0.5, 0.6) is 0 Å². The molecule has 0 saturated carbocycles. The van der Waals surface area contributed by atoms with Gasteiger partial charge in [-0.1, -0.05) is 0 Å². The van der Waals surface area contributed by atoms with Crippen molar-refractivity contribution >= 4 is 11.4 Å². The van der Waals surface area contributed by atoms with Crippen LogP contribution in [0.3, 0.4) is 0 Å². The molecule has 2 rings (SSSR count). The van der Waals surface area contributed by atoms with Gasteiger partial charge in [-0.05, 0) is 18.6 Å². The van der Waals surface area contributed by atoms with Crippen molar-refractivity contribution < 1.29 is 4.39 Å². The number of nitrogens with two attached hydrogens (primary N) is 1. The predicted molar refractivity (Wildman–Crippen MR) is 54.7 cm³/mol. The van der Waals surface area contributed by atoms with Crippen molar-refractivity contribution in [1.82, 2.24) is 4.98 Å². The SMILES string of the molecule is Nc1cnccc1N1CCC=C(F)C1. The van der Waals surface area contributed by atoms with Crippen LogP contribution >= 0.6 is 0 Å². The Morgan fingerprint density at radius 1 is 1.50 bits per heavy atom. The second kappa shape index (κ2) is 3.65. The molecule has 0 spiro atoms. The van der Waals surface area contributed by atoms with Crippen molar-refractivity contribution in [2.75, 3.05) is 23.7 Å². The summed E-state index contributed by atoms with van der Waals surface area (Å²) in [6, 6.07) is 1.81. The first-order valence-electron chi connectivity index (χ1n) is 4.56. The fourth-order valence-electron chi connectivity index (χ4n) is 1.60. The van der Waals surface area contributed by atoms with Crippen LogP contribution in [0.1, 0.15) is 6.42 Å². The second-order valence-electron chi connectivity index (χ2n) is 3.30. The van der Waals surface area contributed by atoms with Gasteiger partial charge < -0.3 is 10.6 Å². The van der Waals surface area contributed by atoms with Crippen LogP contribution in [0.25, 0.3) is 0 Å². The number of rotatable bonds is 1. The third-order valence-electron chi connectivity index (χ3n) is 2.28. The molecular weight excluding hydrogens is 181 g/mol. The second-order valence-corrected chi connectivity index (χ2v) is 3.30. The molecule has 0 saturated heterocycles. The van der Waals surface area contributed by atoms with Gasteiger partial charge in [0.2, 0.25) is 0 Å². The van der Waals surface area contributed by atoms with E-state index in [9.17, 15) is 4.39 Å². The number of nitrogen functional groups attached to an aromatic ring is 1. The summed E-state index contributed by atoms with van der Waals surface area (Å²) in [5, 5.41) is 0. The Balaban J connectivity index is 2.24. The van der Waals surface area contributed by atoms with Crippen LogP contribution in [0.15, 0.2) is 30.4 Å². The lowest BCUT2D eigenvalue weighted by molar-refractivity contribution is 0.575. The molecule has 4 heteroatoms.